The van der Waals surface area contributed by atoms with Crippen LogP contribution in [0.1, 0.15) is 11.3 Å². The average molecular weight is 294 g/mol. The third kappa shape index (κ3) is 2.76. The SMILES string of the molecule is Cc1ccccc1Oc1nc(C(F)(F)F)c(Cl)s1. The van der Waals surface area contributed by atoms with Gasteiger partial charge in [0, 0.05) is 0 Å². The molecule has 0 spiro atoms. The van der Waals surface area contributed by atoms with E-state index in [1.165, 1.54) is 0 Å². The Kier molecular flexibility index (Phi) is 3.49. The number of benzene rings is 1. The Balaban J connectivity index is 2.29. The van der Waals surface area contributed by atoms with Crippen LogP contribution < -0.4 is 4.74 Å². The van der Waals surface area contributed by atoms with Gasteiger partial charge in [-0.1, -0.05) is 41.1 Å². The first-order valence-electron chi connectivity index (χ1n) is 4.85. The van der Waals surface area contributed by atoms with Gasteiger partial charge in [0.2, 0.25) is 0 Å². The van der Waals surface area contributed by atoms with Gasteiger partial charge < -0.3 is 4.74 Å². The maximum atomic E-state index is 12.5. The van der Waals surface area contributed by atoms with Gasteiger partial charge in [0.05, 0.1) is 0 Å². The minimum Gasteiger partial charge on any atom is -0.431 e. The number of aromatic nitrogens is 1. The minimum absolute atomic E-state index is 0.123. The monoisotopic (exact) mass is 293 g/mol. The van der Waals surface area contributed by atoms with Gasteiger partial charge in [0.25, 0.3) is 5.19 Å². The maximum Gasteiger partial charge on any atom is 0.435 e. The molecule has 0 atom stereocenters. The molecule has 0 aliphatic rings. The molecule has 0 N–H and O–H groups in total. The number of para-hydroxylation sites is 1. The van der Waals surface area contributed by atoms with Gasteiger partial charge in [-0.15, -0.1) is 0 Å². The number of thiazole rings is 1. The van der Waals surface area contributed by atoms with Crippen LogP contribution in [0.4, 0.5) is 13.2 Å². The van der Waals surface area contributed by atoms with E-state index in [4.69, 9.17) is 16.3 Å². The van der Waals surface area contributed by atoms with Crippen molar-refractivity contribution in [1.29, 1.82) is 0 Å². The second kappa shape index (κ2) is 4.78. The zero-order chi connectivity index (χ0) is 13.3. The molecular weight excluding hydrogens is 287 g/mol. The van der Waals surface area contributed by atoms with E-state index in [0.29, 0.717) is 17.1 Å². The molecule has 7 heteroatoms. The van der Waals surface area contributed by atoms with Gasteiger partial charge >= 0.3 is 6.18 Å². The molecule has 2 nitrogen and oxygen atoms in total. The van der Waals surface area contributed by atoms with E-state index in [2.05, 4.69) is 4.98 Å². The zero-order valence-electron chi connectivity index (χ0n) is 9.08. The predicted molar refractivity (Wildman–Crippen MR) is 63.4 cm³/mol. The lowest BCUT2D eigenvalue weighted by Crippen LogP contribution is -2.05. The molecule has 0 fully saturated rings. The largest absolute Gasteiger partial charge is 0.435 e. The van der Waals surface area contributed by atoms with E-state index in [9.17, 15) is 13.2 Å². The van der Waals surface area contributed by atoms with Crippen molar-refractivity contribution in [3.63, 3.8) is 0 Å². The Labute approximate surface area is 110 Å². The first-order chi connectivity index (χ1) is 8.38. The Morgan fingerprint density at radius 1 is 1.28 bits per heavy atom. The molecule has 0 saturated carbocycles. The Bertz CT molecular complexity index is 568. The van der Waals surface area contributed by atoms with Crippen molar-refractivity contribution >= 4 is 22.9 Å². The molecule has 0 radical (unpaired) electrons. The highest BCUT2D eigenvalue weighted by Crippen LogP contribution is 2.41. The van der Waals surface area contributed by atoms with Gasteiger partial charge in [-0.25, -0.2) is 0 Å². The number of rotatable bonds is 2. The Hall–Kier alpha value is -1.27. The number of ether oxygens (including phenoxy) is 1. The molecule has 96 valence electrons. The van der Waals surface area contributed by atoms with E-state index in [0.717, 1.165) is 5.56 Å². The predicted octanol–water partition coefficient (Wildman–Crippen LogP) is 4.92. The molecule has 0 aliphatic carbocycles. The summed E-state index contributed by atoms with van der Waals surface area (Å²) in [5.41, 5.74) is -0.310. The van der Waals surface area contributed by atoms with Crippen LogP contribution in [-0.2, 0) is 6.18 Å². The van der Waals surface area contributed by atoms with Crippen LogP contribution in [0.2, 0.25) is 4.34 Å². The van der Waals surface area contributed by atoms with Crippen LogP contribution in [0.25, 0.3) is 0 Å². The third-order valence-corrected chi connectivity index (χ3v) is 3.26. The molecule has 2 rings (SSSR count). The molecule has 0 bridgehead atoms. The quantitative estimate of drug-likeness (QED) is 0.784. The molecule has 18 heavy (non-hydrogen) atoms. The van der Waals surface area contributed by atoms with Crippen molar-refractivity contribution in [3.05, 3.63) is 39.9 Å². The summed E-state index contributed by atoms with van der Waals surface area (Å²) in [7, 11) is 0. The van der Waals surface area contributed by atoms with Crippen LogP contribution >= 0.6 is 22.9 Å². The lowest BCUT2D eigenvalue weighted by atomic mass is 10.2. The maximum absolute atomic E-state index is 12.5. The van der Waals surface area contributed by atoms with Crippen molar-refractivity contribution in [2.45, 2.75) is 13.1 Å². The average Bonchev–Trinajstić information content (AvgIpc) is 2.63. The van der Waals surface area contributed by atoms with Gasteiger partial charge in [0.1, 0.15) is 10.1 Å². The van der Waals surface area contributed by atoms with Crippen molar-refractivity contribution in [3.8, 4) is 10.9 Å². The van der Waals surface area contributed by atoms with Crippen LogP contribution in [0, 0.1) is 6.92 Å². The summed E-state index contributed by atoms with van der Waals surface area (Å²) in [5, 5.41) is -0.123. The minimum atomic E-state index is -4.57. The summed E-state index contributed by atoms with van der Waals surface area (Å²) in [5.74, 6) is 0.455. The highest BCUT2D eigenvalue weighted by atomic mass is 35.5. The molecule has 2 aromatic rings. The summed E-state index contributed by atoms with van der Waals surface area (Å²) >= 11 is 6.15. The highest BCUT2D eigenvalue weighted by Gasteiger charge is 2.37. The number of alkyl halides is 3. The molecule has 1 aromatic heterocycles. The van der Waals surface area contributed by atoms with E-state index in [-0.39, 0.29) is 5.19 Å². The first kappa shape index (κ1) is 13.2. The number of hydrogen-bond acceptors (Lipinski definition) is 3. The topological polar surface area (TPSA) is 22.1 Å². The molecule has 0 unspecified atom stereocenters. The molecule has 0 aliphatic heterocycles. The summed E-state index contributed by atoms with van der Waals surface area (Å²) in [4.78, 5) is 3.36. The van der Waals surface area contributed by atoms with Crippen LogP contribution in [0.5, 0.6) is 10.9 Å². The van der Waals surface area contributed by atoms with E-state index < -0.39 is 16.2 Å². The van der Waals surface area contributed by atoms with E-state index in [1.807, 2.05) is 0 Å². The molecule has 1 aromatic carbocycles. The number of hydrogen-bond donors (Lipinski definition) is 0. The van der Waals surface area contributed by atoms with Crippen molar-refractivity contribution in [2.75, 3.05) is 0 Å². The van der Waals surface area contributed by atoms with Crippen LogP contribution in [0.3, 0.4) is 0 Å². The number of aryl methyl sites for hydroxylation is 1. The normalized spacial score (nSPS) is 11.6. The van der Waals surface area contributed by atoms with Gasteiger partial charge in [-0.3, -0.25) is 0 Å². The fourth-order valence-corrected chi connectivity index (χ4v) is 2.29. The van der Waals surface area contributed by atoms with Gasteiger partial charge in [-0.2, -0.15) is 18.2 Å². The summed E-state index contributed by atoms with van der Waals surface area (Å²) < 4.78 is 42.3. The van der Waals surface area contributed by atoms with Gasteiger partial charge in [0.15, 0.2) is 5.69 Å². The highest BCUT2D eigenvalue weighted by molar-refractivity contribution is 7.17. The van der Waals surface area contributed by atoms with Crippen molar-refractivity contribution in [2.24, 2.45) is 0 Å². The van der Waals surface area contributed by atoms with Crippen LogP contribution in [-0.4, -0.2) is 4.98 Å². The van der Waals surface area contributed by atoms with Crippen molar-refractivity contribution < 1.29 is 17.9 Å². The summed E-state index contributed by atoms with van der Waals surface area (Å²) in [6.45, 7) is 1.79. The third-order valence-electron chi connectivity index (χ3n) is 2.13. The van der Waals surface area contributed by atoms with Crippen molar-refractivity contribution in [1.82, 2.24) is 4.98 Å². The second-order valence-electron chi connectivity index (χ2n) is 3.47. The zero-order valence-corrected chi connectivity index (χ0v) is 10.7. The van der Waals surface area contributed by atoms with Crippen LogP contribution in [0.15, 0.2) is 24.3 Å². The second-order valence-corrected chi connectivity index (χ2v) is 5.03. The van der Waals surface area contributed by atoms with Gasteiger partial charge in [-0.05, 0) is 18.6 Å². The number of nitrogens with zero attached hydrogens (tertiary/aromatic N) is 1. The Morgan fingerprint density at radius 3 is 2.50 bits per heavy atom. The fraction of sp³-hybridized carbons (Fsp3) is 0.182. The lowest BCUT2D eigenvalue weighted by molar-refractivity contribution is -0.140. The standard InChI is InChI=1S/C11H7ClF3NOS/c1-6-4-2-3-5-7(6)17-10-16-8(9(12)18-10)11(13,14)15/h2-5H,1H3. The smallest absolute Gasteiger partial charge is 0.431 e. The molecule has 0 amide bonds. The molecular formula is C11H7ClF3NOS. The lowest BCUT2D eigenvalue weighted by Gasteiger charge is -2.04. The fourth-order valence-electron chi connectivity index (χ4n) is 1.27. The number of halogens is 4. The summed E-state index contributed by atoms with van der Waals surface area (Å²) in [6, 6.07) is 6.97. The van der Waals surface area contributed by atoms with E-state index in [1.54, 1.807) is 31.2 Å². The Morgan fingerprint density at radius 2 is 1.94 bits per heavy atom. The first-order valence-corrected chi connectivity index (χ1v) is 6.04. The summed E-state index contributed by atoms with van der Waals surface area (Å²) in [6.07, 6.45) is -4.57. The molecule has 1 heterocycles. The van der Waals surface area contributed by atoms with E-state index >= 15 is 0 Å². The molecule has 0 saturated heterocycles.